The van der Waals surface area contributed by atoms with E-state index in [0.29, 0.717) is 6.61 Å². The van der Waals surface area contributed by atoms with Crippen molar-refractivity contribution in [3.05, 3.63) is 45.4 Å². The van der Waals surface area contributed by atoms with Gasteiger partial charge in [-0.3, -0.25) is 4.79 Å². The van der Waals surface area contributed by atoms with Gasteiger partial charge in [0.25, 0.3) is 5.91 Å². The van der Waals surface area contributed by atoms with Gasteiger partial charge in [-0.05, 0) is 33.0 Å². The minimum Gasteiger partial charge on any atom is -0.486 e. The molecule has 0 radical (unpaired) electrons. The van der Waals surface area contributed by atoms with Crippen molar-refractivity contribution in [3.8, 4) is 5.75 Å². The molecule has 0 bridgehead atoms. The quantitative estimate of drug-likeness (QED) is 0.855. The summed E-state index contributed by atoms with van der Waals surface area (Å²) in [5.41, 5.74) is 2.00. The zero-order chi connectivity index (χ0) is 17.1. The maximum Gasteiger partial charge on any atom is 0.265 e. The van der Waals surface area contributed by atoms with Crippen LogP contribution in [0.2, 0.25) is 0 Å². The SMILES string of the molecule is Cc1ccc(OCc2nc(C)c(C(=O)N3CCN(C)CC3)s2)cc1. The van der Waals surface area contributed by atoms with E-state index < -0.39 is 0 Å². The van der Waals surface area contributed by atoms with Gasteiger partial charge in [0.05, 0.1) is 5.69 Å². The number of aromatic nitrogens is 1. The van der Waals surface area contributed by atoms with Gasteiger partial charge in [-0.25, -0.2) is 4.98 Å². The highest BCUT2D eigenvalue weighted by Crippen LogP contribution is 2.22. The number of thiazole rings is 1. The van der Waals surface area contributed by atoms with Crippen LogP contribution in [0.3, 0.4) is 0 Å². The van der Waals surface area contributed by atoms with Gasteiger partial charge >= 0.3 is 0 Å². The summed E-state index contributed by atoms with van der Waals surface area (Å²) in [5.74, 6) is 0.917. The zero-order valence-electron chi connectivity index (χ0n) is 14.4. The number of amides is 1. The fraction of sp³-hybridized carbons (Fsp3) is 0.444. The van der Waals surface area contributed by atoms with Crippen LogP contribution in [0.25, 0.3) is 0 Å². The van der Waals surface area contributed by atoms with Crippen LogP contribution >= 0.6 is 11.3 Å². The molecule has 2 aromatic rings. The number of aryl methyl sites for hydroxylation is 2. The van der Waals surface area contributed by atoms with Crippen LogP contribution in [-0.4, -0.2) is 53.9 Å². The molecule has 0 spiro atoms. The molecule has 1 aromatic carbocycles. The summed E-state index contributed by atoms with van der Waals surface area (Å²) >= 11 is 1.44. The third-order valence-electron chi connectivity index (χ3n) is 4.21. The van der Waals surface area contributed by atoms with E-state index in [1.807, 2.05) is 43.0 Å². The van der Waals surface area contributed by atoms with E-state index in [2.05, 4.69) is 16.9 Å². The van der Waals surface area contributed by atoms with Crippen LogP contribution in [0.15, 0.2) is 24.3 Å². The molecule has 0 aliphatic carbocycles. The van der Waals surface area contributed by atoms with Gasteiger partial charge in [-0.1, -0.05) is 17.7 Å². The highest BCUT2D eigenvalue weighted by Gasteiger charge is 2.24. The fourth-order valence-electron chi connectivity index (χ4n) is 2.65. The van der Waals surface area contributed by atoms with E-state index in [0.717, 1.165) is 47.5 Å². The minimum atomic E-state index is 0.0969. The van der Waals surface area contributed by atoms with Crippen molar-refractivity contribution in [2.75, 3.05) is 33.2 Å². The highest BCUT2D eigenvalue weighted by molar-refractivity contribution is 7.13. The van der Waals surface area contributed by atoms with Crippen molar-refractivity contribution < 1.29 is 9.53 Å². The lowest BCUT2D eigenvalue weighted by Crippen LogP contribution is -2.47. The summed E-state index contributed by atoms with van der Waals surface area (Å²) in [6.07, 6.45) is 0. The predicted octanol–water partition coefficient (Wildman–Crippen LogP) is 2.73. The minimum absolute atomic E-state index is 0.0969. The molecule has 6 heteroatoms. The second kappa shape index (κ2) is 7.32. The molecule has 1 aliphatic rings. The summed E-state index contributed by atoms with van der Waals surface area (Å²) in [7, 11) is 2.08. The molecular formula is C18H23N3O2S. The Morgan fingerprint density at radius 3 is 2.50 bits per heavy atom. The Morgan fingerprint density at radius 2 is 1.83 bits per heavy atom. The van der Waals surface area contributed by atoms with Crippen LogP contribution in [0.5, 0.6) is 5.75 Å². The van der Waals surface area contributed by atoms with Gasteiger partial charge in [0.1, 0.15) is 22.2 Å². The zero-order valence-corrected chi connectivity index (χ0v) is 15.2. The molecule has 3 rings (SSSR count). The molecule has 0 unspecified atom stereocenters. The second-order valence-corrected chi connectivity index (χ2v) is 7.30. The Hall–Kier alpha value is -1.92. The number of piperazine rings is 1. The molecule has 5 nitrogen and oxygen atoms in total. The van der Waals surface area contributed by atoms with E-state index in [4.69, 9.17) is 4.74 Å². The van der Waals surface area contributed by atoms with E-state index in [9.17, 15) is 4.79 Å². The third kappa shape index (κ3) is 3.94. The first kappa shape index (κ1) is 16.9. The lowest BCUT2D eigenvalue weighted by molar-refractivity contribution is 0.0668. The van der Waals surface area contributed by atoms with E-state index in [-0.39, 0.29) is 5.91 Å². The van der Waals surface area contributed by atoms with Gasteiger partial charge in [0, 0.05) is 26.2 Å². The molecule has 2 heterocycles. The van der Waals surface area contributed by atoms with Gasteiger partial charge in [-0.2, -0.15) is 0 Å². The van der Waals surface area contributed by atoms with Crippen LogP contribution < -0.4 is 4.74 Å². The first-order chi connectivity index (χ1) is 11.5. The normalized spacial score (nSPS) is 15.5. The Bertz CT molecular complexity index is 704. The number of hydrogen-bond acceptors (Lipinski definition) is 5. The van der Waals surface area contributed by atoms with Gasteiger partial charge in [-0.15, -0.1) is 11.3 Å². The number of ether oxygens (including phenoxy) is 1. The molecule has 0 N–H and O–H groups in total. The largest absolute Gasteiger partial charge is 0.486 e. The van der Waals surface area contributed by atoms with Gasteiger partial charge in [0.2, 0.25) is 0 Å². The summed E-state index contributed by atoms with van der Waals surface area (Å²) in [5, 5.41) is 0.838. The molecule has 128 valence electrons. The number of nitrogens with zero attached hydrogens (tertiary/aromatic N) is 3. The van der Waals surface area contributed by atoms with Crippen molar-refractivity contribution in [2.24, 2.45) is 0 Å². The lowest BCUT2D eigenvalue weighted by Gasteiger charge is -2.32. The van der Waals surface area contributed by atoms with E-state index >= 15 is 0 Å². The number of carbonyl (C=O) groups is 1. The molecule has 0 atom stereocenters. The molecule has 24 heavy (non-hydrogen) atoms. The van der Waals surface area contributed by atoms with Gasteiger partial charge < -0.3 is 14.5 Å². The number of likely N-dealkylation sites (N-methyl/N-ethyl adjacent to an activating group) is 1. The fourth-order valence-corrected chi connectivity index (χ4v) is 3.59. The Kier molecular flexibility index (Phi) is 5.16. The van der Waals surface area contributed by atoms with Crippen molar-refractivity contribution in [1.29, 1.82) is 0 Å². The van der Waals surface area contributed by atoms with Crippen LogP contribution in [0.4, 0.5) is 0 Å². The van der Waals surface area contributed by atoms with Crippen molar-refractivity contribution in [2.45, 2.75) is 20.5 Å². The molecule has 1 saturated heterocycles. The van der Waals surface area contributed by atoms with Gasteiger partial charge in [0.15, 0.2) is 0 Å². The summed E-state index contributed by atoms with van der Waals surface area (Å²) in [6.45, 7) is 7.74. The van der Waals surface area contributed by atoms with Crippen LogP contribution in [0, 0.1) is 13.8 Å². The number of rotatable bonds is 4. The smallest absolute Gasteiger partial charge is 0.265 e. The molecule has 1 aromatic heterocycles. The first-order valence-corrected chi connectivity index (χ1v) is 8.98. The van der Waals surface area contributed by atoms with E-state index in [1.165, 1.54) is 16.9 Å². The number of benzene rings is 1. The molecule has 0 saturated carbocycles. The Balaban J connectivity index is 1.64. The first-order valence-electron chi connectivity index (χ1n) is 8.16. The summed E-state index contributed by atoms with van der Waals surface area (Å²) in [6, 6.07) is 7.94. The van der Waals surface area contributed by atoms with Crippen LogP contribution in [-0.2, 0) is 6.61 Å². The highest BCUT2D eigenvalue weighted by atomic mass is 32.1. The van der Waals surface area contributed by atoms with Crippen LogP contribution in [0.1, 0.15) is 25.9 Å². The average molecular weight is 345 g/mol. The average Bonchev–Trinajstić information content (AvgIpc) is 2.95. The monoisotopic (exact) mass is 345 g/mol. The topological polar surface area (TPSA) is 45.7 Å². The molecule has 1 amide bonds. The maximum atomic E-state index is 12.7. The standard InChI is InChI=1S/C18H23N3O2S/c1-13-4-6-15(7-5-13)23-12-16-19-14(2)17(24-16)18(22)21-10-8-20(3)9-11-21/h4-7H,8-12H2,1-3H3. The van der Waals surface area contributed by atoms with E-state index in [1.54, 1.807) is 0 Å². The third-order valence-corrected chi connectivity index (χ3v) is 5.33. The maximum absolute atomic E-state index is 12.7. The van der Waals surface area contributed by atoms with Crippen molar-refractivity contribution in [1.82, 2.24) is 14.8 Å². The molecular weight excluding hydrogens is 322 g/mol. The molecule has 1 fully saturated rings. The molecule has 1 aliphatic heterocycles. The van der Waals surface area contributed by atoms with Crippen molar-refractivity contribution >= 4 is 17.2 Å². The number of carbonyl (C=O) groups excluding carboxylic acids is 1. The Morgan fingerprint density at radius 1 is 1.17 bits per heavy atom. The number of hydrogen-bond donors (Lipinski definition) is 0. The summed E-state index contributed by atoms with van der Waals surface area (Å²) < 4.78 is 5.77. The Labute approximate surface area is 146 Å². The lowest BCUT2D eigenvalue weighted by atomic mass is 10.2. The van der Waals surface area contributed by atoms with Crippen molar-refractivity contribution in [3.63, 3.8) is 0 Å². The summed E-state index contributed by atoms with van der Waals surface area (Å²) in [4.78, 5) is 22.1. The predicted molar refractivity (Wildman–Crippen MR) is 95.8 cm³/mol. The second-order valence-electron chi connectivity index (χ2n) is 6.22.